The molecule has 0 saturated carbocycles. The molecule has 28 heavy (non-hydrogen) atoms. The minimum atomic E-state index is -2.82. The van der Waals surface area contributed by atoms with Crippen molar-refractivity contribution in [3.8, 4) is 5.75 Å². The number of rotatable bonds is 6. The number of halogens is 2. The maximum Gasteiger partial charge on any atom is 0.387 e. The van der Waals surface area contributed by atoms with E-state index in [0.717, 1.165) is 38.6 Å². The zero-order valence-corrected chi connectivity index (χ0v) is 16.7. The van der Waals surface area contributed by atoms with Gasteiger partial charge in [0.25, 0.3) is 0 Å². The largest absolute Gasteiger partial charge is 0.433 e. The van der Waals surface area contributed by atoms with Gasteiger partial charge < -0.3 is 25.2 Å². The summed E-state index contributed by atoms with van der Waals surface area (Å²) in [6.45, 7) is 1.88. The van der Waals surface area contributed by atoms with Crippen LogP contribution in [0.2, 0.25) is 0 Å². The molecular weight excluding hydrogens is 364 g/mol. The van der Waals surface area contributed by atoms with Crippen molar-refractivity contribution >= 4 is 11.6 Å². The van der Waals surface area contributed by atoms with Crippen LogP contribution in [0, 0.1) is 5.92 Å². The zero-order valence-electron chi connectivity index (χ0n) is 16.7. The minimum Gasteiger partial charge on any atom is -0.433 e. The Morgan fingerprint density at radius 1 is 1.25 bits per heavy atom. The van der Waals surface area contributed by atoms with Crippen LogP contribution < -0.4 is 20.3 Å². The monoisotopic (exact) mass is 395 g/mol. The molecule has 8 heteroatoms. The van der Waals surface area contributed by atoms with E-state index >= 15 is 0 Å². The lowest BCUT2D eigenvalue weighted by molar-refractivity contribution is -0.0495. The number of aliphatic imine (C=N–C) groups is 1. The van der Waals surface area contributed by atoms with Gasteiger partial charge in [-0.15, -0.1) is 0 Å². The highest BCUT2D eigenvalue weighted by Gasteiger charge is 2.26. The first-order valence-electron chi connectivity index (χ1n) is 9.99. The molecule has 2 atom stereocenters. The van der Waals surface area contributed by atoms with Crippen LogP contribution in [0.3, 0.4) is 0 Å². The summed E-state index contributed by atoms with van der Waals surface area (Å²) < 4.78 is 30.0. The Kier molecular flexibility index (Phi) is 7.30. The second-order valence-electron chi connectivity index (χ2n) is 7.65. The van der Waals surface area contributed by atoms with Crippen molar-refractivity contribution in [1.82, 2.24) is 15.5 Å². The summed E-state index contributed by atoms with van der Waals surface area (Å²) in [5.74, 6) is 1.66. The Morgan fingerprint density at radius 2 is 2.07 bits per heavy atom. The number of guanidine groups is 1. The van der Waals surface area contributed by atoms with Crippen LogP contribution in [0.25, 0.3) is 0 Å². The van der Waals surface area contributed by atoms with E-state index in [1.807, 2.05) is 12.1 Å². The van der Waals surface area contributed by atoms with Gasteiger partial charge in [0.15, 0.2) is 5.96 Å². The second kappa shape index (κ2) is 9.91. The van der Waals surface area contributed by atoms with Crippen LogP contribution in [0.5, 0.6) is 5.75 Å². The number of hydrogen-bond donors (Lipinski definition) is 2. The topological polar surface area (TPSA) is 52.1 Å². The first-order chi connectivity index (χ1) is 13.5. The van der Waals surface area contributed by atoms with Crippen molar-refractivity contribution in [2.24, 2.45) is 10.9 Å². The maximum absolute atomic E-state index is 12.7. The Morgan fingerprint density at radius 3 is 2.82 bits per heavy atom. The van der Waals surface area contributed by atoms with E-state index in [9.17, 15) is 8.78 Å². The van der Waals surface area contributed by atoms with Gasteiger partial charge in [0.05, 0.1) is 5.69 Å². The summed E-state index contributed by atoms with van der Waals surface area (Å²) in [7, 11) is 3.95. The Balaban J connectivity index is 1.51. The number of likely N-dealkylation sites (tertiary alicyclic amines) is 1. The smallest absolute Gasteiger partial charge is 0.387 e. The van der Waals surface area contributed by atoms with Gasteiger partial charge in [0.1, 0.15) is 5.75 Å². The molecule has 1 aromatic carbocycles. The molecule has 2 heterocycles. The number of anilines is 1. The number of hydrogen-bond acceptors (Lipinski definition) is 4. The first-order valence-corrected chi connectivity index (χ1v) is 9.99. The average Bonchev–Trinajstić information content (AvgIpc) is 3.13. The molecule has 0 aliphatic carbocycles. The fourth-order valence-electron chi connectivity index (χ4n) is 4.08. The SMILES string of the molecule is CN=C(NCC1CCCN(C)C1)NC1CCN(c2ccccc2OC(F)F)C1. The summed E-state index contributed by atoms with van der Waals surface area (Å²) >= 11 is 0. The molecule has 2 N–H and O–H groups in total. The molecule has 1 aromatic rings. The van der Waals surface area contributed by atoms with Crippen LogP contribution in [-0.4, -0.2) is 70.3 Å². The number of benzene rings is 1. The zero-order chi connectivity index (χ0) is 19.9. The van der Waals surface area contributed by atoms with E-state index in [4.69, 9.17) is 0 Å². The van der Waals surface area contributed by atoms with Gasteiger partial charge in [-0.2, -0.15) is 8.78 Å². The highest BCUT2D eigenvalue weighted by Crippen LogP contribution is 2.31. The van der Waals surface area contributed by atoms with Crippen LogP contribution in [-0.2, 0) is 0 Å². The number of nitrogens with one attached hydrogen (secondary N) is 2. The van der Waals surface area contributed by atoms with Crippen molar-refractivity contribution in [2.75, 3.05) is 51.7 Å². The van der Waals surface area contributed by atoms with Crippen molar-refractivity contribution in [3.05, 3.63) is 24.3 Å². The molecule has 2 aliphatic rings. The van der Waals surface area contributed by atoms with Gasteiger partial charge in [-0.1, -0.05) is 12.1 Å². The van der Waals surface area contributed by atoms with E-state index in [2.05, 4.69) is 37.2 Å². The van der Waals surface area contributed by atoms with Gasteiger partial charge in [-0.3, -0.25) is 4.99 Å². The molecule has 0 radical (unpaired) electrons. The van der Waals surface area contributed by atoms with Gasteiger partial charge in [-0.05, 0) is 50.9 Å². The van der Waals surface area contributed by atoms with E-state index in [0.29, 0.717) is 11.6 Å². The highest BCUT2D eigenvalue weighted by molar-refractivity contribution is 5.80. The molecule has 0 amide bonds. The van der Waals surface area contributed by atoms with Gasteiger partial charge in [-0.25, -0.2) is 0 Å². The molecule has 6 nitrogen and oxygen atoms in total. The van der Waals surface area contributed by atoms with Crippen LogP contribution in [0.15, 0.2) is 29.3 Å². The van der Waals surface area contributed by atoms with E-state index in [1.54, 1.807) is 19.2 Å². The van der Waals surface area contributed by atoms with Gasteiger partial charge in [0, 0.05) is 39.3 Å². The summed E-state index contributed by atoms with van der Waals surface area (Å²) in [5.41, 5.74) is 0.709. The Labute approximate surface area is 165 Å². The number of para-hydroxylation sites is 2. The highest BCUT2D eigenvalue weighted by atomic mass is 19.3. The van der Waals surface area contributed by atoms with Gasteiger partial charge in [0.2, 0.25) is 0 Å². The molecule has 2 fully saturated rings. The summed E-state index contributed by atoms with van der Waals surface area (Å²) in [6.07, 6.45) is 3.40. The number of piperidine rings is 1. The van der Waals surface area contributed by atoms with E-state index < -0.39 is 6.61 Å². The van der Waals surface area contributed by atoms with Gasteiger partial charge >= 0.3 is 6.61 Å². The summed E-state index contributed by atoms with van der Waals surface area (Å²) in [6, 6.07) is 7.17. The normalized spacial score (nSPS) is 23.9. The third-order valence-corrected chi connectivity index (χ3v) is 5.45. The molecule has 2 unspecified atom stereocenters. The first kappa shape index (κ1) is 20.6. The third-order valence-electron chi connectivity index (χ3n) is 5.45. The quantitative estimate of drug-likeness (QED) is 0.572. The van der Waals surface area contributed by atoms with Crippen molar-refractivity contribution in [1.29, 1.82) is 0 Å². The molecule has 0 aromatic heterocycles. The lowest BCUT2D eigenvalue weighted by Crippen LogP contribution is -2.47. The summed E-state index contributed by atoms with van der Waals surface area (Å²) in [4.78, 5) is 8.80. The molecule has 2 saturated heterocycles. The van der Waals surface area contributed by atoms with Crippen LogP contribution in [0.1, 0.15) is 19.3 Å². The maximum atomic E-state index is 12.7. The molecule has 0 bridgehead atoms. The van der Waals surface area contributed by atoms with Crippen LogP contribution >= 0.6 is 0 Å². The van der Waals surface area contributed by atoms with Crippen molar-refractivity contribution < 1.29 is 13.5 Å². The molecule has 0 spiro atoms. The van der Waals surface area contributed by atoms with Crippen molar-refractivity contribution in [2.45, 2.75) is 31.9 Å². The number of alkyl halides is 2. The lowest BCUT2D eigenvalue weighted by Gasteiger charge is -2.30. The third kappa shape index (κ3) is 5.70. The molecule has 2 aliphatic heterocycles. The fourth-order valence-corrected chi connectivity index (χ4v) is 4.08. The predicted octanol–water partition coefficient (Wildman–Crippen LogP) is 2.37. The second-order valence-corrected chi connectivity index (χ2v) is 7.65. The average molecular weight is 395 g/mol. The molecule has 156 valence electrons. The minimum absolute atomic E-state index is 0.208. The Hall–Kier alpha value is -2.09. The molecular formula is C20H31F2N5O. The number of ether oxygens (including phenoxy) is 1. The standard InChI is InChI=1S/C20H31F2N5O/c1-23-20(24-12-15-6-5-10-26(2)13-15)25-16-9-11-27(14-16)17-7-3-4-8-18(17)28-19(21)22/h3-4,7-8,15-16,19H,5-6,9-14H2,1-2H3,(H2,23,24,25). The lowest BCUT2D eigenvalue weighted by atomic mass is 9.99. The molecule has 3 rings (SSSR count). The number of nitrogens with zero attached hydrogens (tertiary/aromatic N) is 3. The predicted molar refractivity (Wildman–Crippen MR) is 108 cm³/mol. The summed E-state index contributed by atoms with van der Waals surface area (Å²) in [5, 5.41) is 6.92. The fraction of sp³-hybridized carbons (Fsp3) is 0.650. The Bertz CT molecular complexity index is 657. The van der Waals surface area contributed by atoms with E-state index in [1.165, 1.54) is 19.4 Å². The van der Waals surface area contributed by atoms with Crippen molar-refractivity contribution in [3.63, 3.8) is 0 Å². The van der Waals surface area contributed by atoms with Crippen LogP contribution in [0.4, 0.5) is 14.5 Å². The van der Waals surface area contributed by atoms with E-state index in [-0.39, 0.29) is 11.8 Å².